The van der Waals surface area contributed by atoms with E-state index in [-0.39, 0.29) is 25.8 Å². The highest BCUT2D eigenvalue weighted by molar-refractivity contribution is 6.10. The standard InChI is InChI=1S/C18H16N4O5/c23-16(20-11-5-6-14-15(7-11)27-10-26-14)8-19-18(25)22-9-17(24)21-12-3-1-2-4-13(12)22/h1-7H,8-10H2,(H,19,25)(H,20,23)(H,21,24). The Morgan fingerprint density at radius 1 is 1.11 bits per heavy atom. The monoisotopic (exact) mass is 368 g/mol. The zero-order valence-corrected chi connectivity index (χ0v) is 14.2. The second-order valence-electron chi connectivity index (χ2n) is 5.93. The quantitative estimate of drug-likeness (QED) is 0.761. The molecule has 3 N–H and O–H groups in total. The van der Waals surface area contributed by atoms with Gasteiger partial charge in [-0.25, -0.2) is 4.79 Å². The molecular weight excluding hydrogens is 352 g/mol. The first-order valence-electron chi connectivity index (χ1n) is 8.24. The fraction of sp³-hybridized carbons (Fsp3) is 0.167. The molecule has 0 aliphatic carbocycles. The summed E-state index contributed by atoms with van der Waals surface area (Å²) in [6, 6.07) is 11.5. The number of hydrogen-bond donors (Lipinski definition) is 3. The molecule has 0 saturated heterocycles. The van der Waals surface area contributed by atoms with Gasteiger partial charge < -0.3 is 25.4 Å². The van der Waals surface area contributed by atoms with Crippen molar-refractivity contribution >= 4 is 34.9 Å². The minimum Gasteiger partial charge on any atom is -0.454 e. The van der Waals surface area contributed by atoms with Gasteiger partial charge in [-0.2, -0.15) is 0 Å². The molecule has 2 aliphatic heterocycles. The average Bonchev–Trinajstić information content (AvgIpc) is 3.13. The maximum absolute atomic E-state index is 12.4. The van der Waals surface area contributed by atoms with E-state index in [2.05, 4.69) is 16.0 Å². The van der Waals surface area contributed by atoms with E-state index < -0.39 is 11.9 Å². The van der Waals surface area contributed by atoms with Crippen LogP contribution in [0.5, 0.6) is 11.5 Å². The van der Waals surface area contributed by atoms with Gasteiger partial charge in [-0.3, -0.25) is 14.5 Å². The van der Waals surface area contributed by atoms with Crippen molar-refractivity contribution < 1.29 is 23.9 Å². The Labute approximate surface area is 154 Å². The largest absolute Gasteiger partial charge is 0.454 e. The second-order valence-corrected chi connectivity index (χ2v) is 5.93. The number of carbonyl (C=O) groups excluding carboxylic acids is 3. The van der Waals surface area contributed by atoms with Gasteiger partial charge in [0.2, 0.25) is 18.6 Å². The third-order valence-electron chi connectivity index (χ3n) is 4.07. The van der Waals surface area contributed by atoms with E-state index in [1.807, 2.05) is 0 Å². The third kappa shape index (κ3) is 3.47. The van der Waals surface area contributed by atoms with E-state index in [4.69, 9.17) is 9.47 Å². The van der Waals surface area contributed by atoms with Crippen LogP contribution in [0, 0.1) is 0 Å². The molecule has 0 fully saturated rings. The second kappa shape index (κ2) is 6.87. The van der Waals surface area contributed by atoms with Gasteiger partial charge in [-0.15, -0.1) is 0 Å². The lowest BCUT2D eigenvalue weighted by molar-refractivity contribution is -0.115. The lowest BCUT2D eigenvalue weighted by Gasteiger charge is -2.29. The van der Waals surface area contributed by atoms with Crippen LogP contribution in [0.4, 0.5) is 21.9 Å². The van der Waals surface area contributed by atoms with Crippen molar-refractivity contribution in [2.24, 2.45) is 0 Å². The molecule has 2 aromatic rings. The van der Waals surface area contributed by atoms with Gasteiger partial charge in [0.05, 0.1) is 17.9 Å². The molecule has 2 aliphatic rings. The highest BCUT2D eigenvalue weighted by Gasteiger charge is 2.26. The van der Waals surface area contributed by atoms with E-state index in [1.165, 1.54) is 4.90 Å². The Morgan fingerprint density at radius 2 is 1.93 bits per heavy atom. The van der Waals surface area contributed by atoms with Gasteiger partial charge in [0, 0.05) is 11.8 Å². The lowest BCUT2D eigenvalue weighted by atomic mass is 10.2. The van der Waals surface area contributed by atoms with Crippen molar-refractivity contribution in [2.45, 2.75) is 0 Å². The zero-order chi connectivity index (χ0) is 18.8. The Bertz CT molecular complexity index is 930. The molecule has 4 amide bonds. The van der Waals surface area contributed by atoms with Crippen molar-refractivity contribution in [1.82, 2.24) is 5.32 Å². The van der Waals surface area contributed by atoms with Crippen LogP contribution in [0.25, 0.3) is 0 Å². The third-order valence-corrected chi connectivity index (χ3v) is 4.07. The Morgan fingerprint density at radius 3 is 2.81 bits per heavy atom. The first-order valence-corrected chi connectivity index (χ1v) is 8.24. The van der Waals surface area contributed by atoms with Crippen molar-refractivity contribution in [2.75, 3.05) is 35.4 Å². The Kier molecular flexibility index (Phi) is 4.25. The summed E-state index contributed by atoms with van der Waals surface area (Å²) in [5, 5.41) is 7.90. The van der Waals surface area contributed by atoms with E-state index in [9.17, 15) is 14.4 Å². The molecule has 0 bridgehead atoms. The number of urea groups is 1. The molecule has 9 heteroatoms. The van der Waals surface area contributed by atoms with Crippen LogP contribution >= 0.6 is 0 Å². The van der Waals surface area contributed by atoms with E-state index in [1.54, 1.807) is 42.5 Å². The normalized spacial score (nSPS) is 14.2. The van der Waals surface area contributed by atoms with Gasteiger partial charge in [-0.05, 0) is 24.3 Å². The topological polar surface area (TPSA) is 109 Å². The fourth-order valence-electron chi connectivity index (χ4n) is 2.85. The summed E-state index contributed by atoms with van der Waals surface area (Å²) >= 11 is 0. The van der Waals surface area contributed by atoms with Crippen LogP contribution < -0.4 is 30.3 Å². The molecule has 138 valence electrons. The molecule has 0 atom stereocenters. The maximum atomic E-state index is 12.4. The minimum absolute atomic E-state index is 0.118. The summed E-state index contributed by atoms with van der Waals surface area (Å²) < 4.78 is 10.5. The van der Waals surface area contributed by atoms with E-state index >= 15 is 0 Å². The smallest absolute Gasteiger partial charge is 0.322 e. The van der Waals surface area contributed by atoms with Crippen LogP contribution in [0.15, 0.2) is 42.5 Å². The molecule has 0 aromatic heterocycles. The summed E-state index contributed by atoms with van der Waals surface area (Å²) in [5.41, 5.74) is 1.65. The van der Waals surface area contributed by atoms with Gasteiger partial charge in [0.25, 0.3) is 0 Å². The van der Waals surface area contributed by atoms with Crippen molar-refractivity contribution in [3.63, 3.8) is 0 Å². The summed E-state index contributed by atoms with van der Waals surface area (Å²) in [7, 11) is 0. The number of para-hydroxylation sites is 2. The van der Waals surface area contributed by atoms with Gasteiger partial charge in [0.1, 0.15) is 6.54 Å². The maximum Gasteiger partial charge on any atom is 0.322 e. The first-order chi connectivity index (χ1) is 13.1. The molecule has 0 radical (unpaired) electrons. The van der Waals surface area contributed by atoms with Crippen LogP contribution in [0.2, 0.25) is 0 Å². The van der Waals surface area contributed by atoms with E-state index in [0.717, 1.165) is 0 Å². The number of anilines is 3. The Balaban J connectivity index is 1.36. The molecule has 2 aromatic carbocycles. The summed E-state index contributed by atoms with van der Waals surface area (Å²) in [5.74, 6) is 0.460. The van der Waals surface area contributed by atoms with Crippen molar-refractivity contribution in [3.05, 3.63) is 42.5 Å². The van der Waals surface area contributed by atoms with Crippen LogP contribution in [0.1, 0.15) is 0 Å². The number of benzene rings is 2. The molecule has 0 spiro atoms. The summed E-state index contributed by atoms with van der Waals surface area (Å²) in [6.07, 6.45) is 0. The molecule has 9 nitrogen and oxygen atoms in total. The fourth-order valence-corrected chi connectivity index (χ4v) is 2.85. The SMILES string of the molecule is O=C(CNC(=O)N1CC(=O)Nc2ccccc21)Nc1ccc2c(c1)OCO2. The van der Waals surface area contributed by atoms with Gasteiger partial charge in [-0.1, -0.05) is 12.1 Å². The highest BCUT2D eigenvalue weighted by Crippen LogP contribution is 2.34. The molecule has 2 heterocycles. The van der Waals surface area contributed by atoms with Crippen molar-refractivity contribution in [1.29, 1.82) is 0 Å². The number of carbonyl (C=O) groups is 3. The molecule has 27 heavy (non-hydrogen) atoms. The molecular formula is C18H16N4O5. The average molecular weight is 368 g/mol. The summed E-state index contributed by atoms with van der Waals surface area (Å²) in [4.78, 5) is 37.6. The van der Waals surface area contributed by atoms with Crippen LogP contribution in [-0.2, 0) is 9.59 Å². The number of nitrogens with zero attached hydrogens (tertiary/aromatic N) is 1. The zero-order valence-electron chi connectivity index (χ0n) is 14.2. The Hall–Kier alpha value is -3.75. The molecule has 0 unspecified atom stereocenters. The van der Waals surface area contributed by atoms with Gasteiger partial charge in [0.15, 0.2) is 11.5 Å². The highest BCUT2D eigenvalue weighted by atomic mass is 16.7. The number of ether oxygens (including phenoxy) is 2. The number of fused-ring (bicyclic) bond motifs is 2. The lowest BCUT2D eigenvalue weighted by Crippen LogP contribution is -2.48. The number of rotatable bonds is 3. The predicted molar refractivity (Wildman–Crippen MR) is 97.0 cm³/mol. The summed E-state index contributed by atoms with van der Waals surface area (Å²) in [6.45, 7) is -0.214. The van der Waals surface area contributed by atoms with Crippen LogP contribution in [0.3, 0.4) is 0 Å². The molecule has 0 saturated carbocycles. The molecule has 4 rings (SSSR count). The number of amides is 4. The number of nitrogens with one attached hydrogen (secondary N) is 3. The predicted octanol–water partition coefficient (Wildman–Crippen LogP) is 1.52. The van der Waals surface area contributed by atoms with E-state index in [0.29, 0.717) is 28.6 Å². The first kappa shape index (κ1) is 16.7. The van der Waals surface area contributed by atoms with Crippen molar-refractivity contribution in [3.8, 4) is 11.5 Å². The minimum atomic E-state index is -0.530. The van der Waals surface area contributed by atoms with Crippen LogP contribution in [-0.4, -0.2) is 37.7 Å². The van der Waals surface area contributed by atoms with Gasteiger partial charge >= 0.3 is 6.03 Å². The number of hydrogen-bond acceptors (Lipinski definition) is 5.